The van der Waals surface area contributed by atoms with Gasteiger partial charge in [0.25, 0.3) is 0 Å². The minimum absolute atomic E-state index is 0.198. The first-order valence-electron chi connectivity index (χ1n) is 3.60. The Labute approximate surface area is 76.9 Å². The number of rotatable bonds is 2. The second-order valence-electron chi connectivity index (χ2n) is 2.53. The molecule has 1 atom stereocenters. The second-order valence-corrected chi connectivity index (χ2v) is 3.99. The van der Waals surface area contributed by atoms with E-state index in [4.69, 9.17) is 14.2 Å². The van der Waals surface area contributed by atoms with E-state index in [0.717, 1.165) is 6.08 Å². The first-order valence-corrected chi connectivity index (χ1v) is 5.08. The number of aliphatic carboxylic acids is 1. The van der Waals surface area contributed by atoms with Crippen LogP contribution in [0, 0.1) is 0 Å². The van der Waals surface area contributed by atoms with E-state index in [-0.39, 0.29) is 12.6 Å². The molecule has 1 aliphatic rings. The second kappa shape index (κ2) is 4.07. The fraction of sp³-hybridized carbons (Fsp3) is 0.500. The molecule has 6 nitrogen and oxygen atoms in total. The lowest BCUT2D eigenvalue weighted by Crippen LogP contribution is -2.37. The van der Waals surface area contributed by atoms with Crippen LogP contribution in [0.15, 0.2) is 12.2 Å². The van der Waals surface area contributed by atoms with Gasteiger partial charge in [-0.3, -0.25) is 13.3 Å². The molecular weight excluding hydrogens is 198 g/mol. The van der Waals surface area contributed by atoms with Crippen molar-refractivity contribution in [3.63, 3.8) is 0 Å². The van der Waals surface area contributed by atoms with Crippen LogP contribution in [0.5, 0.6) is 0 Å². The van der Waals surface area contributed by atoms with Crippen molar-refractivity contribution >= 4 is 17.0 Å². The van der Waals surface area contributed by atoms with Crippen LogP contribution in [0.25, 0.3) is 0 Å². The lowest BCUT2D eigenvalue weighted by atomic mass is 10.2. The van der Waals surface area contributed by atoms with Gasteiger partial charge in [-0.25, -0.2) is 9.52 Å². The van der Waals surface area contributed by atoms with E-state index in [1.54, 1.807) is 0 Å². The number of carboxylic acids is 1. The van der Waals surface area contributed by atoms with Crippen LogP contribution in [0.3, 0.4) is 0 Å². The molecule has 0 aromatic heterocycles. The molecule has 0 aromatic rings. The average molecular weight is 209 g/mol. The summed E-state index contributed by atoms with van der Waals surface area (Å²) in [5.41, 5.74) is 0. The van der Waals surface area contributed by atoms with Crippen molar-refractivity contribution in [2.75, 3.05) is 6.61 Å². The molecule has 0 bridgehead atoms. The van der Waals surface area contributed by atoms with Gasteiger partial charge in [0.15, 0.2) is 11.1 Å². The van der Waals surface area contributed by atoms with E-state index in [2.05, 4.69) is 8.91 Å². The Hall–Kier alpha value is -0.600. The Morgan fingerprint density at radius 1 is 1.62 bits per heavy atom. The zero-order valence-electron chi connectivity index (χ0n) is 6.71. The Balaban J connectivity index is 2.48. The Morgan fingerprint density at radius 3 is 2.85 bits per heavy atom. The summed E-state index contributed by atoms with van der Waals surface area (Å²) in [6.45, 7) is 0.198. The summed E-state index contributed by atoms with van der Waals surface area (Å²) >= 11 is -3.17. The SMILES string of the molecule is O=C(O)C=CC1CCOS(O)(O)N1. The molecule has 0 radical (unpaired) electrons. The molecule has 1 aliphatic heterocycles. The molecule has 1 saturated heterocycles. The first-order chi connectivity index (χ1) is 5.99. The molecule has 0 spiro atoms. The van der Waals surface area contributed by atoms with Crippen molar-refractivity contribution in [2.24, 2.45) is 0 Å². The van der Waals surface area contributed by atoms with Gasteiger partial charge in [-0.2, -0.15) is 0 Å². The zero-order chi connectivity index (χ0) is 9.90. The molecule has 1 unspecified atom stereocenters. The van der Waals surface area contributed by atoms with Gasteiger partial charge >= 0.3 is 5.97 Å². The summed E-state index contributed by atoms with van der Waals surface area (Å²) in [7, 11) is 0. The van der Waals surface area contributed by atoms with Crippen LogP contribution in [-0.2, 0) is 8.98 Å². The minimum Gasteiger partial charge on any atom is -0.478 e. The average Bonchev–Trinajstić information content (AvgIpc) is 1.99. The predicted molar refractivity (Wildman–Crippen MR) is 47.1 cm³/mol. The van der Waals surface area contributed by atoms with Gasteiger partial charge in [0.2, 0.25) is 0 Å². The Morgan fingerprint density at radius 2 is 2.31 bits per heavy atom. The fourth-order valence-corrected chi connectivity index (χ4v) is 1.90. The van der Waals surface area contributed by atoms with Crippen LogP contribution in [0.2, 0.25) is 0 Å². The van der Waals surface area contributed by atoms with Crippen LogP contribution in [0.1, 0.15) is 6.42 Å². The number of hydrogen-bond acceptors (Lipinski definition) is 5. The standard InChI is InChI=1S/C6H11NO5S/c8-6(9)2-1-5-3-4-12-13(10,11)7-5/h1-2,5,7,10-11H,3-4H2,(H,8,9). The molecule has 1 heterocycles. The summed E-state index contributed by atoms with van der Waals surface area (Å²) in [4.78, 5) is 10.1. The van der Waals surface area contributed by atoms with Crippen LogP contribution >= 0.6 is 11.1 Å². The number of carboxylic acid groups (broad SMARTS) is 1. The Kier molecular flexibility index (Phi) is 3.28. The smallest absolute Gasteiger partial charge is 0.328 e. The topological polar surface area (TPSA) is 99.0 Å². The lowest BCUT2D eigenvalue weighted by Gasteiger charge is -2.35. The highest BCUT2D eigenvalue weighted by Crippen LogP contribution is 2.39. The van der Waals surface area contributed by atoms with Gasteiger partial charge in [0, 0.05) is 12.1 Å². The van der Waals surface area contributed by atoms with E-state index in [1.165, 1.54) is 6.08 Å². The minimum atomic E-state index is -3.17. The van der Waals surface area contributed by atoms with E-state index in [1.807, 2.05) is 0 Å². The molecule has 0 aliphatic carbocycles. The van der Waals surface area contributed by atoms with Gasteiger partial charge in [0.05, 0.1) is 6.61 Å². The van der Waals surface area contributed by atoms with E-state index in [9.17, 15) is 4.79 Å². The summed E-state index contributed by atoms with van der Waals surface area (Å²) in [6.07, 6.45) is 2.83. The van der Waals surface area contributed by atoms with Gasteiger partial charge in [0.1, 0.15) is 0 Å². The quantitative estimate of drug-likeness (QED) is 0.497. The molecule has 0 saturated carbocycles. The molecule has 1 rings (SSSR count). The normalized spacial score (nSPS) is 30.2. The Bertz CT molecular complexity index is 229. The highest BCUT2D eigenvalue weighted by atomic mass is 32.3. The third-order valence-corrected chi connectivity index (χ3v) is 2.56. The number of nitrogens with one attached hydrogen (secondary N) is 1. The predicted octanol–water partition coefficient (Wildman–Crippen LogP) is 0.586. The maximum atomic E-state index is 10.1. The molecule has 76 valence electrons. The van der Waals surface area contributed by atoms with Crippen molar-refractivity contribution in [3.8, 4) is 0 Å². The van der Waals surface area contributed by atoms with Crippen molar-refractivity contribution in [1.82, 2.24) is 4.72 Å². The van der Waals surface area contributed by atoms with E-state index >= 15 is 0 Å². The van der Waals surface area contributed by atoms with Crippen molar-refractivity contribution in [1.29, 1.82) is 0 Å². The highest BCUT2D eigenvalue weighted by Gasteiger charge is 2.26. The molecular formula is C6H11NO5S. The van der Waals surface area contributed by atoms with Crippen LogP contribution in [-0.4, -0.2) is 32.8 Å². The molecule has 7 heteroatoms. The van der Waals surface area contributed by atoms with Crippen LogP contribution < -0.4 is 4.72 Å². The number of carbonyl (C=O) groups is 1. The molecule has 4 N–H and O–H groups in total. The maximum Gasteiger partial charge on any atom is 0.328 e. The maximum absolute atomic E-state index is 10.1. The fourth-order valence-electron chi connectivity index (χ4n) is 0.915. The summed E-state index contributed by atoms with van der Waals surface area (Å²) in [6, 6.07) is -0.366. The van der Waals surface area contributed by atoms with Crippen molar-refractivity contribution < 1.29 is 23.2 Å². The molecule has 1 fully saturated rings. The monoisotopic (exact) mass is 209 g/mol. The molecule has 0 aromatic carbocycles. The van der Waals surface area contributed by atoms with Crippen LogP contribution in [0.4, 0.5) is 0 Å². The third kappa shape index (κ3) is 3.75. The van der Waals surface area contributed by atoms with Crippen molar-refractivity contribution in [2.45, 2.75) is 12.5 Å². The zero-order valence-corrected chi connectivity index (χ0v) is 7.53. The van der Waals surface area contributed by atoms with Gasteiger partial charge in [-0.05, 0) is 6.42 Å². The van der Waals surface area contributed by atoms with Gasteiger partial charge < -0.3 is 5.11 Å². The lowest BCUT2D eigenvalue weighted by molar-refractivity contribution is -0.131. The summed E-state index contributed by atoms with van der Waals surface area (Å²) in [5.74, 6) is -1.07. The molecule has 13 heavy (non-hydrogen) atoms. The van der Waals surface area contributed by atoms with E-state index < -0.39 is 17.0 Å². The van der Waals surface area contributed by atoms with Gasteiger partial charge in [-0.15, -0.1) is 0 Å². The van der Waals surface area contributed by atoms with Crippen molar-refractivity contribution in [3.05, 3.63) is 12.2 Å². The third-order valence-electron chi connectivity index (χ3n) is 1.45. The first kappa shape index (κ1) is 10.5. The van der Waals surface area contributed by atoms with E-state index in [0.29, 0.717) is 6.42 Å². The molecule has 0 amide bonds. The van der Waals surface area contributed by atoms with Gasteiger partial charge in [-0.1, -0.05) is 6.08 Å². The highest BCUT2D eigenvalue weighted by molar-refractivity contribution is 8.18. The largest absolute Gasteiger partial charge is 0.478 e. The number of hydrogen-bond donors (Lipinski definition) is 4. The summed E-state index contributed by atoms with van der Waals surface area (Å²) < 4.78 is 25.0. The summed E-state index contributed by atoms with van der Waals surface area (Å²) in [5, 5.41) is 8.31.